The standard InChI is InChI=1S/C34H41N5O2/c1-6-7-21-38(34(41)36-33-28(24(2)3)19-14-20-29(33)25(4)5)23-32(40)35-31-22-30(26-15-10-8-11-16-26)37-39(31)27-17-12-9-13-18-27/h8-20,22,24-25H,6-7,21,23H2,1-5H3,(H,35,40)(H,36,41). The van der Waals surface area contributed by atoms with E-state index in [4.69, 9.17) is 5.10 Å². The number of rotatable bonds is 11. The number of nitrogens with one attached hydrogen (secondary N) is 2. The molecule has 0 saturated carbocycles. The van der Waals surface area contributed by atoms with Gasteiger partial charge in [0, 0.05) is 23.9 Å². The van der Waals surface area contributed by atoms with Crippen LogP contribution < -0.4 is 10.6 Å². The Morgan fingerprint density at radius 1 is 0.829 bits per heavy atom. The zero-order chi connectivity index (χ0) is 29.4. The Morgan fingerprint density at radius 2 is 1.44 bits per heavy atom. The van der Waals surface area contributed by atoms with Crippen molar-refractivity contribution in [2.75, 3.05) is 23.7 Å². The summed E-state index contributed by atoms with van der Waals surface area (Å²) in [7, 11) is 0. The van der Waals surface area contributed by atoms with Gasteiger partial charge < -0.3 is 15.5 Å². The Labute approximate surface area is 243 Å². The Hall–Kier alpha value is -4.39. The first-order valence-electron chi connectivity index (χ1n) is 14.5. The van der Waals surface area contributed by atoms with Gasteiger partial charge in [-0.2, -0.15) is 5.10 Å². The molecule has 0 fully saturated rings. The van der Waals surface area contributed by atoms with Crippen molar-refractivity contribution in [1.82, 2.24) is 14.7 Å². The van der Waals surface area contributed by atoms with Gasteiger partial charge in [-0.3, -0.25) is 4.79 Å². The predicted octanol–water partition coefficient (Wildman–Crippen LogP) is 8.06. The van der Waals surface area contributed by atoms with Crippen molar-refractivity contribution >= 4 is 23.4 Å². The summed E-state index contributed by atoms with van der Waals surface area (Å²) in [6, 6.07) is 27.3. The molecule has 0 radical (unpaired) electrons. The number of carbonyl (C=O) groups excluding carboxylic acids is 2. The van der Waals surface area contributed by atoms with Crippen molar-refractivity contribution in [2.45, 2.75) is 59.3 Å². The largest absolute Gasteiger partial charge is 0.322 e. The highest BCUT2D eigenvalue weighted by atomic mass is 16.2. The van der Waals surface area contributed by atoms with Crippen molar-refractivity contribution in [3.63, 3.8) is 0 Å². The molecule has 4 aromatic rings. The molecule has 41 heavy (non-hydrogen) atoms. The van der Waals surface area contributed by atoms with Crippen LogP contribution in [0.25, 0.3) is 16.9 Å². The van der Waals surface area contributed by atoms with Crippen LogP contribution in [0.3, 0.4) is 0 Å². The van der Waals surface area contributed by atoms with Gasteiger partial charge in [-0.25, -0.2) is 9.48 Å². The molecule has 3 amide bonds. The van der Waals surface area contributed by atoms with Gasteiger partial charge in [0.15, 0.2) is 0 Å². The smallest absolute Gasteiger partial charge is 0.315 e. The number of benzene rings is 3. The Morgan fingerprint density at radius 3 is 2.02 bits per heavy atom. The van der Waals surface area contributed by atoms with Gasteiger partial charge in [-0.05, 0) is 41.5 Å². The first kappa shape index (κ1) is 29.6. The summed E-state index contributed by atoms with van der Waals surface area (Å²) in [6.07, 6.45) is 1.70. The Bertz CT molecular complexity index is 1420. The molecule has 0 atom stereocenters. The highest BCUT2D eigenvalue weighted by Crippen LogP contribution is 2.32. The SMILES string of the molecule is CCCCN(CC(=O)Nc1cc(-c2ccccc2)nn1-c1ccccc1)C(=O)Nc1c(C(C)C)cccc1C(C)C. The van der Waals surface area contributed by atoms with Crippen molar-refractivity contribution in [2.24, 2.45) is 0 Å². The van der Waals surface area contributed by atoms with E-state index >= 15 is 0 Å². The van der Waals surface area contributed by atoms with Crippen LogP contribution in [0.1, 0.15) is 70.4 Å². The first-order valence-corrected chi connectivity index (χ1v) is 14.5. The lowest BCUT2D eigenvalue weighted by Gasteiger charge is -2.26. The van der Waals surface area contributed by atoms with Crippen molar-refractivity contribution < 1.29 is 9.59 Å². The van der Waals surface area contributed by atoms with E-state index in [-0.39, 0.29) is 30.3 Å². The molecular formula is C34H41N5O2. The molecule has 0 saturated heterocycles. The van der Waals surface area contributed by atoms with Gasteiger partial charge in [0.25, 0.3) is 0 Å². The molecule has 0 unspecified atom stereocenters. The number of nitrogens with zero attached hydrogens (tertiary/aromatic N) is 3. The van der Waals surface area contributed by atoms with E-state index in [0.29, 0.717) is 12.4 Å². The zero-order valence-corrected chi connectivity index (χ0v) is 24.7. The lowest BCUT2D eigenvalue weighted by molar-refractivity contribution is -0.116. The summed E-state index contributed by atoms with van der Waals surface area (Å²) < 4.78 is 1.73. The van der Waals surface area contributed by atoms with E-state index in [2.05, 4.69) is 57.4 Å². The fourth-order valence-corrected chi connectivity index (χ4v) is 4.82. The highest BCUT2D eigenvalue weighted by molar-refractivity contribution is 5.97. The summed E-state index contributed by atoms with van der Waals surface area (Å²) in [6.45, 7) is 11.0. The van der Waals surface area contributed by atoms with Crippen LogP contribution in [0.15, 0.2) is 84.9 Å². The van der Waals surface area contributed by atoms with E-state index in [9.17, 15) is 9.59 Å². The topological polar surface area (TPSA) is 79.3 Å². The van der Waals surface area contributed by atoms with Gasteiger partial charge in [0.2, 0.25) is 5.91 Å². The molecule has 0 bridgehead atoms. The van der Waals surface area contributed by atoms with Crippen molar-refractivity contribution in [1.29, 1.82) is 0 Å². The predicted molar refractivity (Wildman–Crippen MR) is 168 cm³/mol. The minimum absolute atomic E-state index is 0.0761. The normalized spacial score (nSPS) is 11.1. The lowest BCUT2D eigenvalue weighted by Crippen LogP contribution is -2.41. The maximum absolute atomic E-state index is 13.7. The number of amides is 3. The number of aromatic nitrogens is 2. The number of hydrogen-bond acceptors (Lipinski definition) is 3. The minimum Gasteiger partial charge on any atom is -0.315 e. The molecular weight excluding hydrogens is 510 g/mol. The van der Waals surface area contributed by atoms with Crippen LogP contribution in [-0.4, -0.2) is 39.7 Å². The van der Waals surface area contributed by atoms with Gasteiger partial charge >= 0.3 is 6.03 Å². The van der Waals surface area contributed by atoms with Crippen LogP contribution in [-0.2, 0) is 4.79 Å². The van der Waals surface area contributed by atoms with E-state index < -0.39 is 0 Å². The summed E-state index contributed by atoms with van der Waals surface area (Å²) in [5.41, 5.74) is 5.55. The Balaban J connectivity index is 1.58. The molecule has 2 N–H and O–H groups in total. The molecule has 3 aromatic carbocycles. The van der Waals surface area contributed by atoms with E-state index in [1.165, 1.54) is 0 Å². The second kappa shape index (κ2) is 13.8. The number of carbonyl (C=O) groups is 2. The van der Waals surface area contributed by atoms with E-state index in [1.54, 1.807) is 9.58 Å². The summed E-state index contributed by atoms with van der Waals surface area (Å²) >= 11 is 0. The minimum atomic E-state index is -0.283. The first-order chi connectivity index (χ1) is 19.8. The summed E-state index contributed by atoms with van der Waals surface area (Å²) in [4.78, 5) is 28.7. The monoisotopic (exact) mass is 551 g/mol. The molecule has 1 heterocycles. The van der Waals surface area contributed by atoms with Gasteiger partial charge in [0.05, 0.1) is 11.4 Å². The number of para-hydroxylation sites is 2. The molecule has 0 spiro atoms. The van der Waals surface area contributed by atoms with Crippen LogP contribution in [0.5, 0.6) is 0 Å². The van der Waals surface area contributed by atoms with Crippen LogP contribution >= 0.6 is 0 Å². The second-order valence-corrected chi connectivity index (χ2v) is 10.9. The average molecular weight is 552 g/mol. The summed E-state index contributed by atoms with van der Waals surface area (Å²) in [5, 5.41) is 11.0. The fourth-order valence-electron chi connectivity index (χ4n) is 4.82. The second-order valence-electron chi connectivity index (χ2n) is 10.9. The molecule has 4 rings (SSSR count). The molecule has 0 aliphatic heterocycles. The third-order valence-corrected chi connectivity index (χ3v) is 7.06. The molecule has 0 aliphatic carbocycles. The fraction of sp³-hybridized carbons (Fsp3) is 0.324. The van der Waals surface area contributed by atoms with E-state index in [1.807, 2.05) is 72.8 Å². The number of hydrogen-bond donors (Lipinski definition) is 2. The van der Waals surface area contributed by atoms with Crippen molar-refractivity contribution in [3.8, 4) is 16.9 Å². The highest BCUT2D eigenvalue weighted by Gasteiger charge is 2.22. The van der Waals surface area contributed by atoms with Crippen LogP contribution in [0.2, 0.25) is 0 Å². The molecule has 214 valence electrons. The van der Waals surface area contributed by atoms with Gasteiger partial charge in [-0.15, -0.1) is 0 Å². The number of anilines is 2. The molecule has 1 aromatic heterocycles. The lowest BCUT2D eigenvalue weighted by atomic mass is 9.93. The van der Waals surface area contributed by atoms with Crippen molar-refractivity contribution in [3.05, 3.63) is 96.1 Å². The third kappa shape index (κ3) is 7.42. The number of urea groups is 1. The number of unbranched alkanes of at least 4 members (excludes halogenated alkanes) is 1. The third-order valence-electron chi connectivity index (χ3n) is 7.06. The van der Waals surface area contributed by atoms with Crippen LogP contribution in [0, 0.1) is 0 Å². The van der Waals surface area contributed by atoms with Gasteiger partial charge in [0.1, 0.15) is 12.4 Å². The van der Waals surface area contributed by atoms with Crippen LogP contribution in [0.4, 0.5) is 16.3 Å². The average Bonchev–Trinajstić information content (AvgIpc) is 3.39. The zero-order valence-electron chi connectivity index (χ0n) is 24.7. The molecule has 7 nitrogen and oxygen atoms in total. The summed E-state index contributed by atoms with van der Waals surface area (Å²) in [5.74, 6) is 0.749. The maximum atomic E-state index is 13.7. The van der Waals surface area contributed by atoms with Gasteiger partial charge in [-0.1, -0.05) is 108 Å². The maximum Gasteiger partial charge on any atom is 0.322 e. The van der Waals surface area contributed by atoms with E-state index in [0.717, 1.165) is 46.6 Å². The molecule has 0 aliphatic rings. The quantitative estimate of drug-likeness (QED) is 0.198. The Kier molecular flexibility index (Phi) is 9.95. The molecule has 7 heteroatoms.